The van der Waals surface area contributed by atoms with Crippen molar-refractivity contribution in [3.05, 3.63) is 0 Å². The SMILES string of the molecule is CC(C)(C)[Si](F)(NN[Si](C)(C)C)C(C)(C)C. The maximum absolute atomic E-state index is 15.3. The minimum Gasteiger partial charge on any atom is -0.290 e. The lowest BCUT2D eigenvalue weighted by Crippen LogP contribution is -2.68. The van der Waals surface area contributed by atoms with Gasteiger partial charge in [-0.25, -0.2) is 0 Å². The highest BCUT2D eigenvalue weighted by Gasteiger charge is 2.56. The Balaban J connectivity index is 5.00. The van der Waals surface area contributed by atoms with Crippen LogP contribution in [0.1, 0.15) is 41.5 Å². The number of hydrogen-bond acceptors (Lipinski definition) is 2. The van der Waals surface area contributed by atoms with Crippen LogP contribution in [0.2, 0.25) is 29.7 Å². The Morgan fingerprint density at radius 1 is 0.750 bits per heavy atom. The fourth-order valence-corrected chi connectivity index (χ4v) is 6.96. The van der Waals surface area contributed by atoms with Crippen molar-refractivity contribution >= 4 is 16.8 Å². The molecule has 0 bridgehead atoms. The van der Waals surface area contributed by atoms with Gasteiger partial charge in [-0.2, -0.15) is 0 Å². The summed E-state index contributed by atoms with van der Waals surface area (Å²) in [4.78, 5) is 0. The van der Waals surface area contributed by atoms with Gasteiger partial charge in [0.25, 0.3) is 0 Å². The number of halogens is 1. The third kappa shape index (κ3) is 3.94. The average molecular weight is 265 g/mol. The van der Waals surface area contributed by atoms with Crippen LogP contribution in [0.25, 0.3) is 0 Å². The van der Waals surface area contributed by atoms with E-state index in [-0.39, 0.29) is 10.1 Å². The first-order valence-corrected chi connectivity index (χ1v) is 11.3. The molecule has 0 aliphatic carbocycles. The molecule has 0 saturated heterocycles. The van der Waals surface area contributed by atoms with Gasteiger partial charge in [-0.05, 0) is 0 Å². The predicted molar refractivity (Wildman–Crippen MR) is 75.9 cm³/mol. The molecular weight excluding hydrogens is 235 g/mol. The lowest BCUT2D eigenvalue weighted by Gasteiger charge is -2.45. The Kier molecular flexibility index (Phi) is 4.59. The van der Waals surface area contributed by atoms with E-state index in [4.69, 9.17) is 0 Å². The van der Waals surface area contributed by atoms with Crippen molar-refractivity contribution < 1.29 is 4.11 Å². The van der Waals surface area contributed by atoms with E-state index < -0.39 is 16.8 Å². The first-order valence-electron chi connectivity index (χ1n) is 5.94. The average Bonchev–Trinajstić information content (AvgIpc) is 1.93. The Morgan fingerprint density at radius 2 is 1.06 bits per heavy atom. The molecule has 0 aromatic rings. The van der Waals surface area contributed by atoms with Crippen molar-refractivity contribution in [2.24, 2.45) is 0 Å². The quantitative estimate of drug-likeness (QED) is 0.458. The highest BCUT2D eigenvalue weighted by atomic mass is 28.4. The summed E-state index contributed by atoms with van der Waals surface area (Å²) in [6.45, 7) is 18.4. The molecule has 0 aromatic carbocycles. The standard InChI is InChI=1S/C11H29FN2Si2/c1-10(2,3)16(12,11(4,5)6)14-13-15(7,8)9/h13-14H,1-9H3. The van der Waals surface area contributed by atoms with Gasteiger partial charge in [0.05, 0.1) is 0 Å². The van der Waals surface area contributed by atoms with Crippen molar-refractivity contribution in [3.63, 3.8) is 0 Å². The fraction of sp³-hybridized carbons (Fsp3) is 1.00. The molecule has 2 nitrogen and oxygen atoms in total. The summed E-state index contributed by atoms with van der Waals surface area (Å²) >= 11 is 0. The molecule has 0 radical (unpaired) electrons. The van der Waals surface area contributed by atoms with E-state index in [0.717, 1.165) is 0 Å². The van der Waals surface area contributed by atoms with Gasteiger partial charge in [0, 0.05) is 10.1 Å². The van der Waals surface area contributed by atoms with Crippen molar-refractivity contribution in [2.45, 2.75) is 71.3 Å². The van der Waals surface area contributed by atoms with Gasteiger partial charge in [0.15, 0.2) is 0 Å². The fourth-order valence-electron chi connectivity index (χ4n) is 1.77. The maximum Gasteiger partial charge on any atom is 0.342 e. The van der Waals surface area contributed by atoms with Crippen LogP contribution in [0.3, 0.4) is 0 Å². The molecule has 0 aliphatic heterocycles. The second kappa shape index (κ2) is 4.51. The van der Waals surface area contributed by atoms with Crippen molar-refractivity contribution in [2.75, 3.05) is 0 Å². The third-order valence-electron chi connectivity index (χ3n) is 2.68. The lowest BCUT2D eigenvalue weighted by molar-refractivity contribution is 0.476. The first kappa shape index (κ1) is 16.3. The highest BCUT2D eigenvalue weighted by molar-refractivity contribution is 6.79. The Morgan fingerprint density at radius 3 is 1.25 bits per heavy atom. The molecular formula is C11H29FN2Si2. The number of hydrazine groups is 1. The smallest absolute Gasteiger partial charge is 0.290 e. The van der Waals surface area contributed by atoms with Crippen LogP contribution in [0.5, 0.6) is 0 Å². The van der Waals surface area contributed by atoms with Crippen LogP contribution in [-0.2, 0) is 0 Å². The van der Waals surface area contributed by atoms with Crippen molar-refractivity contribution in [1.29, 1.82) is 0 Å². The van der Waals surface area contributed by atoms with Crippen LogP contribution >= 0.6 is 0 Å². The van der Waals surface area contributed by atoms with E-state index >= 15 is 4.11 Å². The normalized spacial score (nSPS) is 15.4. The van der Waals surface area contributed by atoms with Crippen LogP contribution in [0, 0.1) is 0 Å². The molecule has 16 heavy (non-hydrogen) atoms. The summed E-state index contributed by atoms with van der Waals surface area (Å²) in [6.07, 6.45) is 0. The molecule has 0 atom stereocenters. The molecule has 0 heterocycles. The molecule has 0 aliphatic rings. The van der Waals surface area contributed by atoms with Gasteiger partial charge >= 0.3 is 8.57 Å². The summed E-state index contributed by atoms with van der Waals surface area (Å²) in [6, 6.07) is 0. The Labute approximate surface area is 103 Å². The van der Waals surface area contributed by atoms with Gasteiger partial charge in [-0.1, -0.05) is 61.2 Å². The Bertz CT molecular complexity index is 222. The summed E-state index contributed by atoms with van der Waals surface area (Å²) in [7, 11) is -4.58. The molecule has 0 fully saturated rings. The van der Waals surface area contributed by atoms with Gasteiger partial charge in [0.1, 0.15) is 8.24 Å². The predicted octanol–water partition coefficient (Wildman–Crippen LogP) is 3.93. The van der Waals surface area contributed by atoms with Crippen LogP contribution in [0.15, 0.2) is 0 Å². The molecule has 98 valence electrons. The van der Waals surface area contributed by atoms with E-state index in [0.29, 0.717) is 0 Å². The molecule has 0 saturated carbocycles. The molecule has 2 N–H and O–H groups in total. The number of rotatable bonds is 3. The van der Waals surface area contributed by atoms with Crippen LogP contribution in [0.4, 0.5) is 4.11 Å². The van der Waals surface area contributed by atoms with Crippen molar-refractivity contribution in [1.82, 2.24) is 10.2 Å². The molecule has 5 heteroatoms. The van der Waals surface area contributed by atoms with E-state index in [1.165, 1.54) is 0 Å². The monoisotopic (exact) mass is 264 g/mol. The van der Waals surface area contributed by atoms with E-state index in [1.54, 1.807) is 0 Å². The van der Waals surface area contributed by atoms with Gasteiger partial charge in [-0.3, -0.25) is 14.3 Å². The van der Waals surface area contributed by atoms with Crippen LogP contribution < -0.4 is 10.2 Å². The second-order valence-corrected chi connectivity index (χ2v) is 17.0. The molecule has 0 spiro atoms. The molecule has 0 rings (SSSR count). The van der Waals surface area contributed by atoms with Gasteiger partial charge < -0.3 is 0 Å². The third-order valence-corrected chi connectivity index (χ3v) is 8.41. The zero-order chi connectivity index (χ0) is 13.4. The number of nitrogens with one attached hydrogen (secondary N) is 2. The van der Waals surface area contributed by atoms with Gasteiger partial charge in [0.2, 0.25) is 0 Å². The maximum atomic E-state index is 15.3. The second-order valence-electron chi connectivity index (χ2n) is 7.66. The molecule has 0 aromatic heterocycles. The Hall–Kier alpha value is 0.284. The summed E-state index contributed by atoms with van der Waals surface area (Å²) < 4.78 is 15.3. The summed E-state index contributed by atoms with van der Waals surface area (Å²) in [5.74, 6) is 0. The molecule has 0 amide bonds. The lowest BCUT2D eigenvalue weighted by atomic mass is 10.2. The van der Waals surface area contributed by atoms with Gasteiger partial charge in [-0.15, -0.1) is 0 Å². The van der Waals surface area contributed by atoms with Crippen LogP contribution in [-0.4, -0.2) is 16.8 Å². The zero-order valence-electron chi connectivity index (χ0n) is 12.4. The largest absolute Gasteiger partial charge is 0.342 e. The number of hydrogen-bond donors (Lipinski definition) is 2. The summed E-state index contributed by atoms with van der Waals surface area (Å²) in [5.41, 5.74) is 0. The van der Waals surface area contributed by atoms with Crippen molar-refractivity contribution in [3.8, 4) is 0 Å². The zero-order valence-corrected chi connectivity index (χ0v) is 14.4. The minimum absolute atomic E-state index is 0.322. The topological polar surface area (TPSA) is 24.1 Å². The minimum atomic E-state index is -3.09. The summed E-state index contributed by atoms with van der Waals surface area (Å²) in [5, 5.41) is 5.71. The van der Waals surface area contributed by atoms with E-state index in [1.807, 2.05) is 41.5 Å². The first-order chi connectivity index (χ1) is 6.71. The highest BCUT2D eigenvalue weighted by Crippen LogP contribution is 2.49. The molecule has 0 unspecified atom stereocenters. The van der Waals surface area contributed by atoms with E-state index in [2.05, 4.69) is 29.8 Å². The van der Waals surface area contributed by atoms with E-state index in [9.17, 15) is 0 Å².